The molecule has 0 amide bonds. The molecule has 0 fully saturated rings. The number of rotatable bonds is 20. The molecule has 1 heteroatoms. The molecule has 0 saturated carbocycles. The van der Waals surface area contributed by atoms with Crippen molar-refractivity contribution < 1.29 is 5.11 Å². The van der Waals surface area contributed by atoms with Gasteiger partial charge < -0.3 is 5.11 Å². The quantitative estimate of drug-likeness (QED) is 0.228. The van der Waals surface area contributed by atoms with Crippen LogP contribution in [0.5, 0.6) is 0 Å². The lowest BCUT2D eigenvalue weighted by molar-refractivity contribution is 0.282. The predicted octanol–water partition coefficient (Wildman–Crippen LogP) is 7.61. The fourth-order valence-corrected chi connectivity index (χ4v) is 3.29. The van der Waals surface area contributed by atoms with Gasteiger partial charge in [0.15, 0.2) is 0 Å². The molecule has 0 heterocycles. The molecule has 0 rings (SSSR count). The Morgan fingerprint density at radius 2 is 0.565 bits per heavy atom. The van der Waals surface area contributed by atoms with Crippen molar-refractivity contribution in [3.05, 3.63) is 6.92 Å². The third-order valence-electron chi connectivity index (χ3n) is 4.91. The van der Waals surface area contributed by atoms with Crippen molar-refractivity contribution in [1.82, 2.24) is 0 Å². The van der Waals surface area contributed by atoms with Crippen LogP contribution in [0.3, 0.4) is 0 Å². The molecule has 23 heavy (non-hydrogen) atoms. The Kier molecular flexibility index (Phi) is 21.9. The van der Waals surface area contributed by atoms with Gasteiger partial charge in [-0.05, 0) is 6.42 Å². The molecule has 0 aromatic rings. The smallest absolute Gasteiger partial charge is 0.0431 e. The zero-order valence-corrected chi connectivity index (χ0v) is 16.0. The highest BCUT2D eigenvalue weighted by Crippen LogP contribution is 2.14. The molecule has 0 saturated heterocycles. The summed E-state index contributed by atoms with van der Waals surface area (Å²) in [5.74, 6) is 0. The minimum Gasteiger partial charge on any atom is -0.396 e. The molecule has 0 bridgehead atoms. The molecule has 0 aromatic heterocycles. The van der Waals surface area contributed by atoms with Crippen LogP contribution in [0.15, 0.2) is 0 Å². The molecule has 139 valence electrons. The number of aliphatic hydroxyl groups is 1. The van der Waals surface area contributed by atoms with Crippen molar-refractivity contribution in [2.45, 2.75) is 128 Å². The van der Waals surface area contributed by atoms with Crippen LogP contribution in [0, 0.1) is 6.92 Å². The van der Waals surface area contributed by atoms with Crippen LogP contribution in [0.2, 0.25) is 0 Å². The number of hydrogen-bond acceptors (Lipinski definition) is 1. The van der Waals surface area contributed by atoms with Gasteiger partial charge in [0.25, 0.3) is 0 Å². The molecular formula is C22H45O. The SMILES string of the molecule is [CH2]CCCCCCCCCCCCCCCCCCCCCO. The first kappa shape index (κ1) is 23.0. The zero-order valence-electron chi connectivity index (χ0n) is 16.0. The van der Waals surface area contributed by atoms with Gasteiger partial charge in [0, 0.05) is 6.61 Å². The molecule has 0 aliphatic heterocycles. The van der Waals surface area contributed by atoms with Crippen LogP contribution in [0.4, 0.5) is 0 Å². The van der Waals surface area contributed by atoms with E-state index in [1.54, 1.807) is 0 Å². The van der Waals surface area contributed by atoms with Gasteiger partial charge in [-0.3, -0.25) is 0 Å². The summed E-state index contributed by atoms with van der Waals surface area (Å²) in [6, 6.07) is 0. The van der Waals surface area contributed by atoms with E-state index in [1.165, 1.54) is 116 Å². The van der Waals surface area contributed by atoms with E-state index in [9.17, 15) is 0 Å². The van der Waals surface area contributed by atoms with Crippen molar-refractivity contribution in [3.8, 4) is 0 Å². The zero-order chi connectivity index (χ0) is 16.8. The lowest BCUT2D eigenvalue weighted by Crippen LogP contribution is -1.85. The van der Waals surface area contributed by atoms with E-state index in [4.69, 9.17) is 5.11 Å². The average Bonchev–Trinajstić information content (AvgIpc) is 2.57. The van der Waals surface area contributed by atoms with E-state index in [1.807, 2.05) is 0 Å². The molecule has 0 atom stereocenters. The highest BCUT2D eigenvalue weighted by molar-refractivity contribution is 4.51. The summed E-state index contributed by atoms with van der Waals surface area (Å²) < 4.78 is 0. The van der Waals surface area contributed by atoms with E-state index in [2.05, 4.69) is 6.92 Å². The van der Waals surface area contributed by atoms with Gasteiger partial charge in [-0.2, -0.15) is 0 Å². The summed E-state index contributed by atoms with van der Waals surface area (Å²) in [6.45, 7) is 4.27. The maximum atomic E-state index is 8.71. The van der Waals surface area contributed by atoms with Crippen LogP contribution < -0.4 is 0 Å². The Labute approximate surface area is 147 Å². The average molecular weight is 326 g/mol. The van der Waals surface area contributed by atoms with Crippen molar-refractivity contribution in [2.24, 2.45) is 0 Å². The standard InChI is InChI=1S/C22H45O/c1-2-3-4-5-6-7-8-9-10-11-12-13-14-15-16-17-18-19-20-21-22-23/h23H,1-22H2. The third-order valence-corrected chi connectivity index (χ3v) is 4.91. The van der Waals surface area contributed by atoms with Crippen molar-refractivity contribution in [1.29, 1.82) is 0 Å². The summed E-state index contributed by atoms with van der Waals surface area (Å²) >= 11 is 0. The summed E-state index contributed by atoms with van der Waals surface area (Å²) in [6.07, 6.45) is 27.5. The first-order valence-electron chi connectivity index (χ1n) is 10.8. The summed E-state index contributed by atoms with van der Waals surface area (Å²) in [5.41, 5.74) is 0. The van der Waals surface area contributed by atoms with Gasteiger partial charge in [0.2, 0.25) is 0 Å². The third kappa shape index (κ3) is 22.0. The molecule has 1 nitrogen and oxygen atoms in total. The molecule has 0 unspecified atom stereocenters. The highest BCUT2D eigenvalue weighted by Gasteiger charge is 1.95. The second kappa shape index (κ2) is 22.0. The van der Waals surface area contributed by atoms with Gasteiger partial charge in [-0.25, -0.2) is 0 Å². The Bertz CT molecular complexity index is 170. The number of hydrogen-bond donors (Lipinski definition) is 1. The van der Waals surface area contributed by atoms with Gasteiger partial charge in [0.1, 0.15) is 0 Å². The van der Waals surface area contributed by atoms with Crippen molar-refractivity contribution in [3.63, 3.8) is 0 Å². The lowest BCUT2D eigenvalue weighted by atomic mass is 10.0. The van der Waals surface area contributed by atoms with Crippen LogP contribution in [0.1, 0.15) is 128 Å². The first-order chi connectivity index (χ1) is 11.4. The normalized spacial score (nSPS) is 11.2. The minimum absolute atomic E-state index is 0.372. The molecule has 1 radical (unpaired) electrons. The van der Waals surface area contributed by atoms with E-state index in [-0.39, 0.29) is 0 Å². The Balaban J connectivity index is 2.92. The van der Waals surface area contributed by atoms with Crippen LogP contribution in [0.25, 0.3) is 0 Å². The summed E-state index contributed by atoms with van der Waals surface area (Å²) in [4.78, 5) is 0. The molecule has 0 aliphatic carbocycles. The fourth-order valence-electron chi connectivity index (χ4n) is 3.29. The van der Waals surface area contributed by atoms with Crippen molar-refractivity contribution >= 4 is 0 Å². The minimum atomic E-state index is 0.372. The van der Waals surface area contributed by atoms with Gasteiger partial charge in [0.05, 0.1) is 0 Å². The highest BCUT2D eigenvalue weighted by atomic mass is 16.2. The fraction of sp³-hybridized carbons (Fsp3) is 0.955. The maximum Gasteiger partial charge on any atom is 0.0431 e. The van der Waals surface area contributed by atoms with Crippen molar-refractivity contribution in [2.75, 3.05) is 6.61 Å². The maximum absolute atomic E-state index is 8.71. The first-order valence-corrected chi connectivity index (χ1v) is 10.8. The molecule has 0 aromatic carbocycles. The molecule has 0 aliphatic rings. The van der Waals surface area contributed by atoms with Gasteiger partial charge in [-0.1, -0.05) is 129 Å². The van der Waals surface area contributed by atoms with Crippen LogP contribution in [-0.2, 0) is 0 Å². The molecule has 1 N–H and O–H groups in total. The van der Waals surface area contributed by atoms with Gasteiger partial charge in [-0.15, -0.1) is 0 Å². The van der Waals surface area contributed by atoms with E-state index < -0.39 is 0 Å². The van der Waals surface area contributed by atoms with E-state index >= 15 is 0 Å². The Hall–Kier alpha value is -0.0400. The Morgan fingerprint density at radius 1 is 0.348 bits per heavy atom. The second-order valence-electron chi connectivity index (χ2n) is 7.29. The van der Waals surface area contributed by atoms with Gasteiger partial charge >= 0.3 is 0 Å². The van der Waals surface area contributed by atoms with Crippen LogP contribution in [-0.4, -0.2) is 11.7 Å². The molecule has 0 spiro atoms. The topological polar surface area (TPSA) is 20.2 Å². The monoisotopic (exact) mass is 325 g/mol. The predicted molar refractivity (Wildman–Crippen MR) is 105 cm³/mol. The largest absolute Gasteiger partial charge is 0.396 e. The van der Waals surface area contributed by atoms with E-state index in [0.29, 0.717) is 6.61 Å². The second-order valence-corrected chi connectivity index (χ2v) is 7.29. The number of aliphatic hydroxyl groups excluding tert-OH is 1. The van der Waals surface area contributed by atoms with Crippen LogP contribution >= 0.6 is 0 Å². The molecular weight excluding hydrogens is 280 g/mol. The van der Waals surface area contributed by atoms with E-state index in [0.717, 1.165) is 12.8 Å². The summed E-state index contributed by atoms with van der Waals surface area (Å²) in [7, 11) is 0. The number of unbranched alkanes of at least 4 members (excludes halogenated alkanes) is 19. The lowest BCUT2D eigenvalue weighted by Gasteiger charge is -2.03. The summed E-state index contributed by atoms with van der Waals surface area (Å²) in [5, 5.41) is 8.71. The Morgan fingerprint density at radius 3 is 0.783 bits per heavy atom.